The van der Waals surface area contributed by atoms with Crippen molar-refractivity contribution in [3.63, 3.8) is 0 Å². The highest BCUT2D eigenvalue weighted by Crippen LogP contribution is 2.19. The fourth-order valence-corrected chi connectivity index (χ4v) is 2.70. The highest BCUT2D eigenvalue weighted by atomic mass is 127. The number of hydrogen-bond acceptors (Lipinski definition) is 4. The highest BCUT2D eigenvalue weighted by Gasteiger charge is 2.15. The van der Waals surface area contributed by atoms with Crippen molar-refractivity contribution in [1.82, 2.24) is 20.3 Å². The first-order valence-electron chi connectivity index (χ1n) is 9.37. The van der Waals surface area contributed by atoms with E-state index in [4.69, 9.17) is 4.52 Å². The van der Waals surface area contributed by atoms with Gasteiger partial charge in [-0.25, -0.2) is 4.99 Å². The molecule has 2 aromatic rings. The Kier molecular flexibility index (Phi) is 10.6. The molecule has 1 heterocycles. The van der Waals surface area contributed by atoms with Crippen molar-refractivity contribution >= 4 is 35.8 Å². The monoisotopic (exact) mass is 499 g/mol. The highest BCUT2D eigenvalue weighted by molar-refractivity contribution is 14.0. The summed E-state index contributed by atoms with van der Waals surface area (Å²) in [5.74, 6) is 1.47. The predicted molar refractivity (Wildman–Crippen MR) is 123 cm³/mol. The SMILES string of the molecule is CCNC(=NCc1cc(-c2ccccc2)on1)N(C)CC(=O)N(CC)CC.I. The van der Waals surface area contributed by atoms with Crippen LogP contribution in [0.15, 0.2) is 45.9 Å². The number of carbonyl (C=O) groups excluding carboxylic acids is 1. The van der Waals surface area contributed by atoms with Gasteiger partial charge in [0.05, 0.1) is 13.1 Å². The number of guanidine groups is 1. The number of aliphatic imine (C=N–C) groups is 1. The van der Waals surface area contributed by atoms with Gasteiger partial charge in [-0.15, -0.1) is 24.0 Å². The normalized spacial score (nSPS) is 10.9. The molecule has 1 aromatic carbocycles. The van der Waals surface area contributed by atoms with Crippen LogP contribution < -0.4 is 5.32 Å². The lowest BCUT2D eigenvalue weighted by atomic mass is 10.2. The van der Waals surface area contributed by atoms with E-state index in [0.29, 0.717) is 25.6 Å². The largest absolute Gasteiger partial charge is 0.357 e. The van der Waals surface area contributed by atoms with E-state index >= 15 is 0 Å². The molecule has 0 fully saturated rings. The quantitative estimate of drug-likeness (QED) is 0.343. The topological polar surface area (TPSA) is 74.0 Å². The summed E-state index contributed by atoms with van der Waals surface area (Å²) < 4.78 is 5.41. The summed E-state index contributed by atoms with van der Waals surface area (Å²) in [7, 11) is 1.86. The molecule has 8 heteroatoms. The molecule has 1 amide bonds. The van der Waals surface area contributed by atoms with E-state index in [1.54, 1.807) is 0 Å². The molecule has 0 aliphatic carbocycles. The molecular formula is C20H30IN5O2. The lowest BCUT2D eigenvalue weighted by Crippen LogP contribution is -2.45. The first-order chi connectivity index (χ1) is 13.1. The minimum atomic E-state index is 0. The first kappa shape index (κ1) is 23.9. The van der Waals surface area contributed by atoms with Crippen molar-refractivity contribution in [3.8, 4) is 11.3 Å². The van der Waals surface area contributed by atoms with E-state index in [-0.39, 0.29) is 36.4 Å². The summed E-state index contributed by atoms with van der Waals surface area (Å²) in [4.78, 5) is 20.6. The molecule has 0 aliphatic rings. The molecule has 0 atom stereocenters. The first-order valence-corrected chi connectivity index (χ1v) is 9.37. The molecule has 0 bridgehead atoms. The third-order valence-corrected chi connectivity index (χ3v) is 4.19. The molecule has 0 spiro atoms. The van der Waals surface area contributed by atoms with E-state index in [9.17, 15) is 4.79 Å². The number of likely N-dealkylation sites (N-methyl/N-ethyl adjacent to an activating group) is 2. The van der Waals surface area contributed by atoms with Gasteiger partial charge in [-0.05, 0) is 20.8 Å². The summed E-state index contributed by atoms with van der Waals surface area (Å²) in [6, 6.07) is 11.7. The third kappa shape index (κ3) is 6.81. The van der Waals surface area contributed by atoms with Crippen LogP contribution in [0.5, 0.6) is 0 Å². The standard InChI is InChI=1S/C20H29N5O2.HI/c1-5-21-20(24(4)15-19(26)25(6-2)7-3)22-14-17-13-18(27-23-17)16-11-9-8-10-12-16;/h8-13H,5-7,14-15H2,1-4H3,(H,21,22);1H. The Morgan fingerprint density at radius 3 is 2.46 bits per heavy atom. The predicted octanol–water partition coefficient (Wildman–Crippen LogP) is 3.23. The number of aromatic nitrogens is 1. The van der Waals surface area contributed by atoms with Gasteiger partial charge in [-0.1, -0.05) is 35.5 Å². The fraction of sp³-hybridized carbons (Fsp3) is 0.450. The molecule has 0 unspecified atom stereocenters. The van der Waals surface area contributed by atoms with Crippen LogP contribution in [0, 0.1) is 0 Å². The van der Waals surface area contributed by atoms with Crippen LogP contribution in [0.3, 0.4) is 0 Å². The Morgan fingerprint density at radius 2 is 1.86 bits per heavy atom. The van der Waals surface area contributed by atoms with Gasteiger partial charge in [0.25, 0.3) is 0 Å². The van der Waals surface area contributed by atoms with E-state index in [1.807, 2.05) is 74.0 Å². The number of amides is 1. The van der Waals surface area contributed by atoms with Gasteiger partial charge in [0.1, 0.15) is 5.69 Å². The maximum Gasteiger partial charge on any atom is 0.242 e. The average molecular weight is 499 g/mol. The molecular weight excluding hydrogens is 469 g/mol. The van der Waals surface area contributed by atoms with Crippen LogP contribution in [-0.2, 0) is 11.3 Å². The second-order valence-electron chi connectivity index (χ2n) is 6.14. The summed E-state index contributed by atoms with van der Waals surface area (Å²) in [5.41, 5.74) is 1.72. The smallest absolute Gasteiger partial charge is 0.242 e. The van der Waals surface area contributed by atoms with E-state index in [1.165, 1.54) is 0 Å². The summed E-state index contributed by atoms with van der Waals surface area (Å²) >= 11 is 0. The van der Waals surface area contributed by atoms with E-state index in [0.717, 1.165) is 23.6 Å². The van der Waals surface area contributed by atoms with Gasteiger partial charge in [0.15, 0.2) is 11.7 Å². The van der Waals surface area contributed by atoms with Crippen LogP contribution in [-0.4, -0.2) is 60.0 Å². The Morgan fingerprint density at radius 1 is 1.18 bits per heavy atom. The molecule has 154 valence electrons. The summed E-state index contributed by atoms with van der Waals surface area (Å²) in [6.45, 7) is 8.75. The van der Waals surface area contributed by atoms with Gasteiger partial charge < -0.3 is 19.6 Å². The molecule has 0 saturated heterocycles. The average Bonchev–Trinajstić information content (AvgIpc) is 3.15. The van der Waals surface area contributed by atoms with Crippen LogP contribution in [0.25, 0.3) is 11.3 Å². The van der Waals surface area contributed by atoms with Gasteiger partial charge in [0, 0.05) is 38.3 Å². The second kappa shape index (κ2) is 12.4. The second-order valence-corrected chi connectivity index (χ2v) is 6.14. The molecule has 1 aromatic heterocycles. The van der Waals surface area contributed by atoms with Crippen molar-refractivity contribution < 1.29 is 9.32 Å². The van der Waals surface area contributed by atoms with E-state index < -0.39 is 0 Å². The zero-order chi connectivity index (χ0) is 19.6. The molecule has 0 aliphatic heterocycles. The number of benzene rings is 1. The molecule has 2 rings (SSSR count). The lowest BCUT2D eigenvalue weighted by molar-refractivity contribution is -0.131. The molecule has 0 radical (unpaired) electrons. The van der Waals surface area contributed by atoms with Crippen molar-refractivity contribution in [1.29, 1.82) is 0 Å². The third-order valence-electron chi connectivity index (χ3n) is 4.19. The summed E-state index contributed by atoms with van der Waals surface area (Å²) in [5, 5.41) is 7.31. The van der Waals surface area contributed by atoms with Gasteiger partial charge in [-0.3, -0.25) is 4.79 Å². The van der Waals surface area contributed by atoms with Crippen LogP contribution in [0.2, 0.25) is 0 Å². The van der Waals surface area contributed by atoms with E-state index in [2.05, 4.69) is 15.5 Å². The molecule has 1 N–H and O–H groups in total. The number of hydrogen-bond donors (Lipinski definition) is 1. The Hall–Kier alpha value is -2.10. The zero-order valence-corrected chi connectivity index (χ0v) is 19.3. The van der Waals surface area contributed by atoms with Crippen LogP contribution >= 0.6 is 24.0 Å². The maximum absolute atomic E-state index is 12.3. The molecule has 7 nitrogen and oxygen atoms in total. The zero-order valence-electron chi connectivity index (χ0n) is 17.0. The van der Waals surface area contributed by atoms with Crippen molar-refractivity contribution in [2.75, 3.05) is 33.2 Å². The van der Waals surface area contributed by atoms with Crippen molar-refractivity contribution in [3.05, 3.63) is 42.1 Å². The Bertz CT molecular complexity index is 744. The van der Waals surface area contributed by atoms with Gasteiger partial charge in [-0.2, -0.15) is 0 Å². The number of nitrogens with zero attached hydrogens (tertiary/aromatic N) is 4. The Balaban J connectivity index is 0.00000392. The number of nitrogens with one attached hydrogen (secondary N) is 1. The number of rotatable bonds is 8. The van der Waals surface area contributed by atoms with Crippen molar-refractivity contribution in [2.45, 2.75) is 27.3 Å². The molecule has 0 saturated carbocycles. The fourth-order valence-electron chi connectivity index (χ4n) is 2.70. The van der Waals surface area contributed by atoms with Crippen LogP contribution in [0.4, 0.5) is 0 Å². The number of halogens is 1. The van der Waals surface area contributed by atoms with Crippen molar-refractivity contribution in [2.24, 2.45) is 4.99 Å². The Labute approximate surface area is 184 Å². The minimum Gasteiger partial charge on any atom is -0.357 e. The summed E-state index contributed by atoms with van der Waals surface area (Å²) in [6.07, 6.45) is 0. The molecule has 28 heavy (non-hydrogen) atoms. The lowest BCUT2D eigenvalue weighted by Gasteiger charge is -2.25. The van der Waals surface area contributed by atoms with Gasteiger partial charge in [0.2, 0.25) is 5.91 Å². The minimum absolute atomic E-state index is 0. The number of carbonyl (C=O) groups is 1. The maximum atomic E-state index is 12.3. The van der Waals surface area contributed by atoms with Gasteiger partial charge >= 0.3 is 0 Å². The van der Waals surface area contributed by atoms with Crippen LogP contribution in [0.1, 0.15) is 26.5 Å².